The summed E-state index contributed by atoms with van der Waals surface area (Å²) < 4.78 is 26.3. The van der Waals surface area contributed by atoms with Gasteiger partial charge in [-0.3, -0.25) is 4.72 Å². The fourth-order valence-corrected chi connectivity index (χ4v) is 2.33. The second-order valence-corrected chi connectivity index (χ2v) is 5.11. The van der Waals surface area contributed by atoms with Crippen LogP contribution < -0.4 is 4.72 Å². The van der Waals surface area contributed by atoms with E-state index in [4.69, 9.17) is 5.53 Å². The van der Waals surface area contributed by atoms with Crippen LogP contribution in [0.5, 0.6) is 0 Å². The summed E-state index contributed by atoms with van der Waals surface area (Å²) in [4.78, 5) is 3.98. The quantitative estimate of drug-likeness (QED) is 0.829. The molecule has 1 aromatic heterocycles. The molecule has 0 aliphatic rings. The van der Waals surface area contributed by atoms with Crippen LogP contribution in [0.25, 0.3) is 0 Å². The van der Waals surface area contributed by atoms with Gasteiger partial charge in [0.15, 0.2) is 0 Å². The summed E-state index contributed by atoms with van der Waals surface area (Å²) in [5.74, 6) is 0.256. The van der Waals surface area contributed by atoms with Crippen LogP contribution in [0.4, 0.5) is 11.5 Å². The van der Waals surface area contributed by atoms with Gasteiger partial charge in [-0.2, -0.15) is 5.11 Å². The van der Waals surface area contributed by atoms with Gasteiger partial charge in [-0.15, -0.1) is 0 Å². The van der Waals surface area contributed by atoms with Crippen LogP contribution in [-0.2, 0) is 10.0 Å². The van der Waals surface area contributed by atoms with Crippen molar-refractivity contribution in [1.29, 1.82) is 5.53 Å². The third-order valence-electron chi connectivity index (χ3n) is 2.18. The molecule has 18 heavy (non-hydrogen) atoms. The summed E-state index contributed by atoms with van der Waals surface area (Å²) in [7, 11) is -3.65. The minimum Gasteiger partial charge on any atom is -0.263 e. The van der Waals surface area contributed by atoms with Crippen LogP contribution in [0.1, 0.15) is 0 Å². The van der Waals surface area contributed by atoms with Gasteiger partial charge in [0, 0.05) is 6.20 Å². The highest BCUT2D eigenvalue weighted by Gasteiger charge is 2.14. The molecule has 2 rings (SSSR count). The Kier molecular flexibility index (Phi) is 3.33. The molecular formula is C11H10N4O2S. The average molecular weight is 262 g/mol. The Labute approximate surface area is 104 Å². The van der Waals surface area contributed by atoms with Crippen LogP contribution in [0.15, 0.2) is 58.7 Å². The number of rotatable bonds is 4. The SMILES string of the molecule is N=Nc1ccc(S(=O)(=O)Nc2ccccn2)cc1. The van der Waals surface area contributed by atoms with Crippen molar-refractivity contribution >= 4 is 21.5 Å². The van der Waals surface area contributed by atoms with Crippen molar-refractivity contribution in [2.75, 3.05) is 4.72 Å². The summed E-state index contributed by atoms with van der Waals surface area (Å²) in [6.45, 7) is 0. The maximum Gasteiger partial charge on any atom is 0.263 e. The molecule has 2 aromatic rings. The predicted octanol–water partition coefficient (Wildman–Crippen LogP) is 2.54. The third kappa shape index (κ3) is 2.69. The van der Waals surface area contributed by atoms with Crippen molar-refractivity contribution < 1.29 is 8.42 Å². The molecule has 0 amide bonds. The second kappa shape index (κ2) is 4.92. The van der Waals surface area contributed by atoms with Crippen LogP contribution in [-0.4, -0.2) is 13.4 Å². The summed E-state index contributed by atoms with van der Waals surface area (Å²) in [6.07, 6.45) is 1.50. The highest BCUT2D eigenvalue weighted by Crippen LogP contribution is 2.18. The maximum absolute atomic E-state index is 12.0. The Morgan fingerprint density at radius 2 is 1.83 bits per heavy atom. The summed E-state index contributed by atoms with van der Waals surface area (Å²) in [5, 5.41) is 3.20. The number of anilines is 1. The number of hydrogen-bond donors (Lipinski definition) is 2. The lowest BCUT2D eigenvalue weighted by atomic mass is 10.3. The molecular weight excluding hydrogens is 252 g/mol. The smallest absolute Gasteiger partial charge is 0.263 e. The van der Waals surface area contributed by atoms with E-state index in [1.54, 1.807) is 18.2 Å². The summed E-state index contributed by atoms with van der Waals surface area (Å²) in [5.41, 5.74) is 7.19. The van der Waals surface area contributed by atoms with Crippen molar-refractivity contribution in [2.24, 2.45) is 5.11 Å². The van der Waals surface area contributed by atoms with Gasteiger partial charge < -0.3 is 0 Å². The zero-order valence-corrected chi connectivity index (χ0v) is 10.1. The van der Waals surface area contributed by atoms with Gasteiger partial charge in [-0.1, -0.05) is 6.07 Å². The molecule has 1 aromatic carbocycles. The van der Waals surface area contributed by atoms with Crippen LogP contribution in [0.3, 0.4) is 0 Å². The van der Waals surface area contributed by atoms with Gasteiger partial charge in [0.05, 0.1) is 10.6 Å². The van der Waals surface area contributed by atoms with E-state index in [2.05, 4.69) is 14.8 Å². The highest BCUT2D eigenvalue weighted by molar-refractivity contribution is 7.92. The van der Waals surface area contributed by atoms with Crippen molar-refractivity contribution in [2.45, 2.75) is 4.90 Å². The monoisotopic (exact) mass is 262 g/mol. The third-order valence-corrected chi connectivity index (χ3v) is 3.55. The van der Waals surface area contributed by atoms with E-state index in [0.717, 1.165) is 0 Å². The molecule has 92 valence electrons. The minimum atomic E-state index is -3.65. The van der Waals surface area contributed by atoms with Crippen molar-refractivity contribution in [3.8, 4) is 0 Å². The van der Waals surface area contributed by atoms with Gasteiger partial charge in [-0.05, 0) is 36.4 Å². The predicted molar refractivity (Wildman–Crippen MR) is 66.3 cm³/mol. The Morgan fingerprint density at radius 1 is 1.11 bits per heavy atom. The Bertz CT molecular complexity index is 639. The first-order valence-corrected chi connectivity index (χ1v) is 6.51. The van der Waals surface area contributed by atoms with Gasteiger partial charge in [0.25, 0.3) is 10.0 Å². The van der Waals surface area contributed by atoms with E-state index >= 15 is 0 Å². The van der Waals surface area contributed by atoms with Crippen molar-refractivity contribution in [3.05, 3.63) is 48.7 Å². The van der Waals surface area contributed by atoms with Gasteiger partial charge in [-0.25, -0.2) is 18.9 Å². The lowest BCUT2D eigenvalue weighted by Gasteiger charge is -2.06. The molecule has 0 atom stereocenters. The summed E-state index contributed by atoms with van der Waals surface area (Å²) in [6, 6.07) is 10.6. The van der Waals surface area contributed by atoms with E-state index < -0.39 is 10.0 Å². The maximum atomic E-state index is 12.0. The number of nitrogens with zero attached hydrogens (tertiary/aromatic N) is 2. The molecule has 0 bridgehead atoms. The Hall–Kier alpha value is -2.28. The molecule has 0 aliphatic carbocycles. The van der Waals surface area contributed by atoms with Crippen LogP contribution >= 0.6 is 0 Å². The average Bonchev–Trinajstić information content (AvgIpc) is 2.39. The second-order valence-electron chi connectivity index (χ2n) is 3.43. The van der Waals surface area contributed by atoms with Gasteiger partial charge in [0.2, 0.25) is 0 Å². The summed E-state index contributed by atoms with van der Waals surface area (Å²) >= 11 is 0. The fraction of sp³-hybridized carbons (Fsp3) is 0. The zero-order chi connectivity index (χ0) is 13.0. The van der Waals surface area contributed by atoms with Crippen molar-refractivity contribution in [1.82, 2.24) is 4.98 Å². The number of pyridine rings is 1. The Balaban J connectivity index is 2.28. The number of aromatic nitrogens is 1. The molecule has 0 radical (unpaired) electrons. The largest absolute Gasteiger partial charge is 0.263 e. The van der Waals surface area contributed by atoms with Gasteiger partial charge >= 0.3 is 0 Å². The van der Waals surface area contributed by atoms with Crippen LogP contribution in [0.2, 0.25) is 0 Å². The molecule has 0 fully saturated rings. The number of sulfonamides is 1. The van der Waals surface area contributed by atoms with E-state index in [1.165, 1.54) is 30.5 Å². The fourth-order valence-electron chi connectivity index (χ4n) is 1.32. The molecule has 7 heteroatoms. The highest BCUT2D eigenvalue weighted by atomic mass is 32.2. The van der Waals surface area contributed by atoms with E-state index in [1.807, 2.05) is 0 Å². The molecule has 0 aliphatic heterocycles. The number of benzene rings is 1. The lowest BCUT2D eigenvalue weighted by molar-refractivity contribution is 0.601. The number of hydrogen-bond acceptors (Lipinski definition) is 5. The first kappa shape index (κ1) is 12.2. The standard InChI is InChI=1S/C11H10N4O2S/c12-14-9-4-6-10(7-5-9)18(16,17)15-11-3-1-2-8-13-11/h1-8,12H,(H,13,15). The molecule has 2 N–H and O–H groups in total. The molecule has 6 nitrogen and oxygen atoms in total. The first-order valence-electron chi connectivity index (χ1n) is 5.03. The molecule has 0 saturated carbocycles. The minimum absolute atomic E-state index is 0.0977. The van der Waals surface area contributed by atoms with Crippen LogP contribution in [0, 0.1) is 5.53 Å². The van der Waals surface area contributed by atoms with E-state index in [-0.39, 0.29) is 10.7 Å². The molecule has 1 heterocycles. The van der Waals surface area contributed by atoms with E-state index in [9.17, 15) is 8.42 Å². The molecule has 0 unspecified atom stereocenters. The van der Waals surface area contributed by atoms with Gasteiger partial charge in [0.1, 0.15) is 5.82 Å². The molecule has 0 saturated heterocycles. The Morgan fingerprint density at radius 3 is 2.39 bits per heavy atom. The first-order chi connectivity index (χ1) is 8.62. The zero-order valence-electron chi connectivity index (χ0n) is 9.24. The number of nitrogens with one attached hydrogen (secondary N) is 2. The van der Waals surface area contributed by atoms with Crippen molar-refractivity contribution in [3.63, 3.8) is 0 Å². The van der Waals surface area contributed by atoms with E-state index in [0.29, 0.717) is 5.69 Å². The topological polar surface area (TPSA) is 95.3 Å². The lowest BCUT2D eigenvalue weighted by Crippen LogP contribution is -2.13. The molecule has 0 spiro atoms. The normalized spacial score (nSPS) is 10.9.